The standard InChI is InChI=1S/C22H25NO6/c1-22(2)13-15-5-3-6-18(21(15)29-22)28-14-19(24)23-16-8-10-17(11-9-16)27-12-4-7-20(25)26/h3,5-6,8-11H,4,7,12-14H2,1-2H3,(H,23,24)(H,25,26). The number of anilines is 1. The molecule has 7 heteroatoms. The number of hydrogen-bond donors (Lipinski definition) is 2. The summed E-state index contributed by atoms with van der Waals surface area (Å²) in [4.78, 5) is 22.7. The van der Waals surface area contributed by atoms with E-state index in [0.29, 0.717) is 36.0 Å². The molecule has 1 amide bonds. The zero-order chi connectivity index (χ0) is 20.9. The summed E-state index contributed by atoms with van der Waals surface area (Å²) in [6.45, 7) is 4.23. The number of fused-ring (bicyclic) bond motifs is 1. The Bertz CT molecular complexity index is 875. The molecule has 2 N–H and O–H groups in total. The summed E-state index contributed by atoms with van der Waals surface area (Å²) in [5.74, 6) is 0.756. The minimum Gasteiger partial charge on any atom is -0.494 e. The molecule has 0 fully saturated rings. The molecule has 1 aliphatic rings. The molecule has 7 nitrogen and oxygen atoms in total. The van der Waals surface area contributed by atoms with E-state index in [1.165, 1.54) is 0 Å². The predicted octanol–water partition coefficient (Wildman–Crippen LogP) is 3.66. The van der Waals surface area contributed by atoms with E-state index in [4.69, 9.17) is 19.3 Å². The number of carboxylic acid groups (broad SMARTS) is 1. The summed E-state index contributed by atoms with van der Waals surface area (Å²) in [7, 11) is 0. The Morgan fingerprint density at radius 2 is 1.90 bits per heavy atom. The second kappa shape index (κ2) is 8.86. The number of ether oxygens (including phenoxy) is 3. The number of carbonyl (C=O) groups excluding carboxylic acids is 1. The van der Waals surface area contributed by atoms with Crippen LogP contribution in [0.1, 0.15) is 32.3 Å². The first-order valence-electron chi connectivity index (χ1n) is 9.51. The Morgan fingerprint density at radius 3 is 2.62 bits per heavy atom. The number of carboxylic acids is 1. The fourth-order valence-corrected chi connectivity index (χ4v) is 3.09. The van der Waals surface area contributed by atoms with E-state index in [0.717, 1.165) is 12.0 Å². The first-order chi connectivity index (χ1) is 13.8. The number of hydrogen-bond acceptors (Lipinski definition) is 5. The van der Waals surface area contributed by atoms with Gasteiger partial charge in [0.05, 0.1) is 6.61 Å². The van der Waals surface area contributed by atoms with Gasteiger partial charge in [-0.3, -0.25) is 9.59 Å². The average molecular weight is 399 g/mol. The maximum absolute atomic E-state index is 12.2. The predicted molar refractivity (Wildman–Crippen MR) is 108 cm³/mol. The maximum atomic E-state index is 12.2. The summed E-state index contributed by atoms with van der Waals surface area (Å²) >= 11 is 0. The van der Waals surface area contributed by atoms with Gasteiger partial charge in [0, 0.05) is 24.1 Å². The highest BCUT2D eigenvalue weighted by Crippen LogP contribution is 2.41. The van der Waals surface area contributed by atoms with Crippen molar-refractivity contribution in [1.82, 2.24) is 0 Å². The van der Waals surface area contributed by atoms with Crippen molar-refractivity contribution in [3.63, 3.8) is 0 Å². The number of aliphatic carboxylic acids is 1. The third-order valence-corrected chi connectivity index (χ3v) is 4.36. The molecular formula is C22H25NO6. The molecule has 0 spiro atoms. The Morgan fingerprint density at radius 1 is 1.14 bits per heavy atom. The van der Waals surface area contributed by atoms with Gasteiger partial charge in [-0.15, -0.1) is 0 Å². The lowest BCUT2D eigenvalue weighted by atomic mass is 10.0. The van der Waals surface area contributed by atoms with Crippen LogP contribution in [0, 0.1) is 0 Å². The van der Waals surface area contributed by atoms with Crippen molar-refractivity contribution >= 4 is 17.6 Å². The van der Waals surface area contributed by atoms with E-state index < -0.39 is 5.97 Å². The fourth-order valence-electron chi connectivity index (χ4n) is 3.09. The Labute approximate surface area is 169 Å². The van der Waals surface area contributed by atoms with Crippen molar-refractivity contribution in [1.29, 1.82) is 0 Å². The second-order valence-electron chi connectivity index (χ2n) is 7.49. The average Bonchev–Trinajstić information content (AvgIpc) is 2.99. The van der Waals surface area contributed by atoms with E-state index in [9.17, 15) is 9.59 Å². The van der Waals surface area contributed by atoms with Crippen LogP contribution in [0.4, 0.5) is 5.69 Å². The van der Waals surface area contributed by atoms with Gasteiger partial charge in [0.15, 0.2) is 18.1 Å². The lowest BCUT2D eigenvalue weighted by Crippen LogP contribution is -2.25. The van der Waals surface area contributed by atoms with Crippen LogP contribution < -0.4 is 19.5 Å². The number of nitrogens with one attached hydrogen (secondary N) is 1. The van der Waals surface area contributed by atoms with Gasteiger partial charge in [-0.1, -0.05) is 12.1 Å². The number of para-hydroxylation sites is 1. The van der Waals surface area contributed by atoms with Crippen LogP contribution in [-0.4, -0.2) is 35.8 Å². The normalized spacial score (nSPS) is 13.9. The molecule has 0 atom stereocenters. The molecule has 2 aromatic carbocycles. The van der Waals surface area contributed by atoms with Crippen LogP contribution in [0.15, 0.2) is 42.5 Å². The van der Waals surface area contributed by atoms with Gasteiger partial charge < -0.3 is 24.6 Å². The Balaban J connectivity index is 1.47. The number of carbonyl (C=O) groups is 2. The maximum Gasteiger partial charge on any atom is 0.303 e. The van der Waals surface area contributed by atoms with Crippen molar-refractivity contribution in [2.45, 2.75) is 38.7 Å². The van der Waals surface area contributed by atoms with Crippen LogP contribution in [0.3, 0.4) is 0 Å². The van der Waals surface area contributed by atoms with E-state index in [1.807, 2.05) is 26.0 Å². The molecule has 2 aromatic rings. The highest BCUT2D eigenvalue weighted by Gasteiger charge is 2.32. The van der Waals surface area contributed by atoms with Gasteiger partial charge in [0.1, 0.15) is 11.4 Å². The summed E-state index contributed by atoms with van der Waals surface area (Å²) in [6, 6.07) is 12.6. The van der Waals surface area contributed by atoms with Gasteiger partial charge >= 0.3 is 5.97 Å². The topological polar surface area (TPSA) is 94.1 Å². The van der Waals surface area contributed by atoms with Crippen molar-refractivity contribution in [3.05, 3.63) is 48.0 Å². The first kappa shape index (κ1) is 20.5. The van der Waals surface area contributed by atoms with Crippen LogP contribution in [0.25, 0.3) is 0 Å². The van der Waals surface area contributed by atoms with E-state index in [1.54, 1.807) is 30.3 Å². The summed E-state index contributed by atoms with van der Waals surface area (Å²) < 4.78 is 17.1. The molecule has 154 valence electrons. The van der Waals surface area contributed by atoms with E-state index in [-0.39, 0.29) is 24.5 Å². The monoisotopic (exact) mass is 399 g/mol. The summed E-state index contributed by atoms with van der Waals surface area (Å²) in [5, 5.41) is 11.4. The fraction of sp³-hybridized carbons (Fsp3) is 0.364. The van der Waals surface area contributed by atoms with Gasteiger partial charge in [0.2, 0.25) is 0 Å². The highest BCUT2D eigenvalue weighted by atomic mass is 16.5. The molecule has 0 aromatic heterocycles. The van der Waals surface area contributed by atoms with Crippen molar-refractivity contribution in [3.8, 4) is 17.2 Å². The lowest BCUT2D eigenvalue weighted by molar-refractivity contribution is -0.137. The third kappa shape index (κ3) is 5.88. The van der Waals surface area contributed by atoms with Crippen molar-refractivity contribution in [2.24, 2.45) is 0 Å². The quantitative estimate of drug-likeness (QED) is 0.625. The van der Waals surface area contributed by atoms with Crippen LogP contribution in [-0.2, 0) is 16.0 Å². The molecule has 0 aliphatic carbocycles. The Hall–Kier alpha value is -3.22. The lowest BCUT2D eigenvalue weighted by Gasteiger charge is -2.18. The number of rotatable bonds is 9. The molecule has 29 heavy (non-hydrogen) atoms. The van der Waals surface area contributed by atoms with Crippen molar-refractivity contribution in [2.75, 3.05) is 18.5 Å². The van der Waals surface area contributed by atoms with Crippen LogP contribution >= 0.6 is 0 Å². The largest absolute Gasteiger partial charge is 0.494 e. The van der Waals surface area contributed by atoms with Crippen LogP contribution in [0.2, 0.25) is 0 Å². The molecule has 0 radical (unpaired) electrons. The number of benzene rings is 2. The molecule has 3 rings (SSSR count). The molecule has 0 unspecified atom stereocenters. The van der Waals surface area contributed by atoms with Crippen molar-refractivity contribution < 1.29 is 28.9 Å². The molecule has 1 heterocycles. The van der Waals surface area contributed by atoms with Crippen LogP contribution in [0.5, 0.6) is 17.2 Å². The third-order valence-electron chi connectivity index (χ3n) is 4.36. The zero-order valence-electron chi connectivity index (χ0n) is 16.6. The smallest absolute Gasteiger partial charge is 0.303 e. The first-order valence-corrected chi connectivity index (χ1v) is 9.51. The summed E-state index contributed by atoms with van der Waals surface area (Å²) in [5.41, 5.74) is 1.42. The van der Waals surface area contributed by atoms with Gasteiger partial charge in [-0.05, 0) is 50.6 Å². The highest BCUT2D eigenvalue weighted by molar-refractivity contribution is 5.92. The molecular weight excluding hydrogens is 374 g/mol. The number of amides is 1. The van der Waals surface area contributed by atoms with E-state index in [2.05, 4.69) is 5.32 Å². The molecule has 1 aliphatic heterocycles. The van der Waals surface area contributed by atoms with E-state index >= 15 is 0 Å². The molecule has 0 saturated heterocycles. The Kier molecular flexibility index (Phi) is 6.26. The second-order valence-corrected chi connectivity index (χ2v) is 7.49. The van der Waals surface area contributed by atoms with Gasteiger partial charge in [-0.2, -0.15) is 0 Å². The van der Waals surface area contributed by atoms with Gasteiger partial charge in [-0.25, -0.2) is 0 Å². The molecule has 0 bridgehead atoms. The minimum absolute atomic E-state index is 0.0707. The molecule has 0 saturated carbocycles. The summed E-state index contributed by atoms with van der Waals surface area (Å²) in [6.07, 6.45) is 1.31. The van der Waals surface area contributed by atoms with Gasteiger partial charge in [0.25, 0.3) is 5.91 Å². The SMILES string of the molecule is CC1(C)Cc2cccc(OCC(=O)Nc3ccc(OCCCC(=O)O)cc3)c2O1. The zero-order valence-corrected chi connectivity index (χ0v) is 16.6. The minimum atomic E-state index is -0.843.